The lowest BCUT2D eigenvalue weighted by Gasteiger charge is -2.42. The van der Waals surface area contributed by atoms with Crippen LogP contribution in [0.15, 0.2) is 0 Å². The average molecular weight is 314 g/mol. The minimum Gasteiger partial charge on any atom is -0.444 e. The van der Waals surface area contributed by atoms with Crippen molar-refractivity contribution in [3.05, 3.63) is 0 Å². The first-order valence-electron chi connectivity index (χ1n) is 8.28. The molecule has 0 unspecified atom stereocenters. The van der Waals surface area contributed by atoms with Gasteiger partial charge in [-0.25, -0.2) is 4.79 Å². The summed E-state index contributed by atoms with van der Waals surface area (Å²) in [5.74, 6) is 0. The summed E-state index contributed by atoms with van der Waals surface area (Å²) in [6, 6.07) is 0. The molecule has 6 nitrogen and oxygen atoms in total. The molecule has 2 heterocycles. The Morgan fingerprint density at radius 2 is 1.73 bits per heavy atom. The SMILES string of the molecule is CC(C)(C)OC(=O)N1CCC(O)(CN2CCC(O)CC2)CC1. The van der Waals surface area contributed by atoms with Gasteiger partial charge in [0.15, 0.2) is 0 Å². The van der Waals surface area contributed by atoms with Gasteiger partial charge in [-0.1, -0.05) is 0 Å². The molecule has 128 valence electrons. The van der Waals surface area contributed by atoms with E-state index in [2.05, 4.69) is 4.90 Å². The van der Waals surface area contributed by atoms with E-state index in [1.165, 1.54) is 0 Å². The van der Waals surface area contributed by atoms with Gasteiger partial charge >= 0.3 is 6.09 Å². The molecular formula is C16H30N2O4. The molecule has 2 aliphatic rings. The van der Waals surface area contributed by atoms with Gasteiger partial charge in [-0.05, 0) is 46.5 Å². The van der Waals surface area contributed by atoms with Crippen molar-refractivity contribution >= 4 is 6.09 Å². The third-order valence-electron chi connectivity index (χ3n) is 4.42. The zero-order chi connectivity index (χ0) is 16.4. The van der Waals surface area contributed by atoms with Crippen molar-refractivity contribution in [3.8, 4) is 0 Å². The van der Waals surface area contributed by atoms with Crippen molar-refractivity contribution in [3.63, 3.8) is 0 Å². The number of amides is 1. The summed E-state index contributed by atoms with van der Waals surface area (Å²) in [6.45, 7) is 8.92. The number of aliphatic hydroxyl groups excluding tert-OH is 1. The summed E-state index contributed by atoms with van der Waals surface area (Å²) >= 11 is 0. The molecule has 0 radical (unpaired) electrons. The van der Waals surface area contributed by atoms with Gasteiger partial charge in [0.2, 0.25) is 0 Å². The second-order valence-electron chi connectivity index (χ2n) is 7.70. The Morgan fingerprint density at radius 1 is 1.18 bits per heavy atom. The molecule has 0 aromatic carbocycles. The molecule has 2 N–H and O–H groups in total. The van der Waals surface area contributed by atoms with E-state index in [0.717, 1.165) is 25.9 Å². The van der Waals surface area contributed by atoms with Crippen LogP contribution < -0.4 is 0 Å². The highest BCUT2D eigenvalue weighted by Gasteiger charge is 2.37. The summed E-state index contributed by atoms with van der Waals surface area (Å²) in [5.41, 5.74) is -1.22. The number of ether oxygens (including phenoxy) is 1. The monoisotopic (exact) mass is 314 g/mol. The Labute approximate surface area is 133 Å². The Kier molecular flexibility index (Phi) is 5.35. The molecule has 2 aliphatic heterocycles. The number of hydrogen-bond donors (Lipinski definition) is 2. The Balaban J connectivity index is 1.79. The molecule has 0 bridgehead atoms. The molecule has 1 amide bonds. The van der Waals surface area contributed by atoms with Crippen molar-refractivity contribution in [1.82, 2.24) is 9.80 Å². The molecule has 2 saturated heterocycles. The lowest BCUT2D eigenvalue weighted by atomic mass is 9.90. The number of likely N-dealkylation sites (tertiary alicyclic amines) is 2. The van der Waals surface area contributed by atoms with E-state index in [9.17, 15) is 15.0 Å². The number of β-amino-alcohol motifs (C(OH)–C–C–N with tert-alkyl or cyclic N) is 1. The molecule has 2 rings (SSSR count). The highest BCUT2D eigenvalue weighted by Crippen LogP contribution is 2.26. The molecule has 2 fully saturated rings. The van der Waals surface area contributed by atoms with E-state index in [4.69, 9.17) is 4.74 Å². The average Bonchev–Trinajstić information content (AvgIpc) is 2.40. The molecule has 0 aliphatic carbocycles. The molecule has 0 aromatic heterocycles. The van der Waals surface area contributed by atoms with E-state index in [0.29, 0.717) is 32.5 Å². The van der Waals surface area contributed by atoms with Crippen LogP contribution in [0.25, 0.3) is 0 Å². The highest BCUT2D eigenvalue weighted by atomic mass is 16.6. The minimum atomic E-state index is -0.735. The topological polar surface area (TPSA) is 73.2 Å². The molecular weight excluding hydrogens is 284 g/mol. The zero-order valence-corrected chi connectivity index (χ0v) is 14.0. The van der Waals surface area contributed by atoms with Gasteiger partial charge in [-0.3, -0.25) is 0 Å². The van der Waals surface area contributed by atoms with Gasteiger partial charge in [-0.2, -0.15) is 0 Å². The summed E-state index contributed by atoms with van der Waals surface area (Å²) < 4.78 is 5.37. The molecule has 0 saturated carbocycles. The number of hydrogen-bond acceptors (Lipinski definition) is 5. The second kappa shape index (κ2) is 6.72. The predicted octanol–water partition coefficient (Wildman–Crippen LogP) is 1.21. The van der Waals surface area contributed by atoms with Crippen LogP contribution in [0.2, 0.25) is 0 Å². The summed E-state index contributed by atoms with van der Waals surface area (Å²) in [7, 11) is 0. The van der Waals surface area contributed by atoms with E-state index >= 15 is 0 Å². The van der Waals surface area contributed by atoms with Crippen molar-refractivity contribution < 1.29 is 19.7 Å². The lowest BCUT2D eigenvalue weighted by molar-refractivity contribution is -0.0576. The maximum atomic E-state index is 12.0. The maximum absolute atomic E-state index is 12.0. The van der Waals surface area contributed by atoms with Crippen LogP contribution in [0.4, 0.5) is 4.79 Å². The van der Waals surface area contributed by atoms with E-state index in [1.807, 2.05) is 20.8 Å². The van der Waals surface area contributed by atoms with Crippen LogP contribution in [0.1, 0.15) is 46.5 Å². The third-order valence-corrected chi connectivity index (χ3v) is 4.42. The van der Waals surface area contributed by atoms with Gasteiger partial charge < -0.3 is 24.7 Å². The fourth-order valence-corrected chi connectivity index (χ4v) is 3.08. The Hall–Kier alpha value is -0.850. The first-order chi connectivity index (χ1) is 10.2. The van der Waals surface area contributed by atoms with Crippen LogP contribution in [0.5, 0.6) is 0 Å². The molecule has 0 aromatic rings. The van der Waals surface area contributed by atoms with E-state index in [1.54, 1.807) is 4.90 Å². The van der Waals surface area contributed by atoms with Gasteiger partial charge in [-0.15, -0.1) is 0 Å². The number of nitrogens with zero attached hydrogens (tertiary/aromatic N) is 2. The van der Waals surface area contributed by atoms with Gasteiger partial charge in [0.25, 0.3) is 0 Å². The maximum Gasteiger partial charge on any atom is 0.410 e. The Bertz CT molecular complexity index is 378. The highest BCUT2D eigenvalue weighted by molar-refractivity contribution is 5.68. The number of carbonyl (C=O) groups is 1. The van der Waals surface area contributed by atoms with E-state index in [-0.39, 0.29) is 12.2 Å². The van der Waals surface area contributed by atoms with Crippen LogP contribution in [0.3, 0.4) is 0 Å². The fraction of sp³-hybridized carbons (Fsp3) is 0.938. The van der Waals surface area contributed by atoms with Gasteiger partial charge in [0, 0.05) is 32.7 Å². The largest absolute Gasteiger partial charge is 0.444 e. The molecule has 22 heavy (non-hydrogen) atoms. The number of carbonyl (C=O) groups excluding carboxylic acids is 1. The fourth-order valence-electron chi connectivity index (χ4n) is 3.08. The standard InChI is InChI=1S/C16H30N2O4/c1-15(2,3)22-14(20)18-10-6-16(21,7-11-18)12-17-8-4-13(19)5-9-17/h13,19,21H,4-12H2,1-3H3. The van der Waals surface area contributed by atoms with Crippen LogP contribution in [-0.4, -0.2) is 76.1 Å². The smallest absolute Gasteiger partial charge is 0.410 e. The van der Waals surface area contributed by atoms with Gasteiger partial charge in [0.05, 0.1) is 11.7 Å². The van der Waals surface area contributed by atoms with Gasteiger partial charge in [0.1, 0.15) is 5.60 Å². The number of piperidine rings is 2. The lowest BCUT2D eigenvalue weighted by Crippen LogP contribution is -2.54. The number of aliphatic hydroxyl groups is 2. The normalized spacial score (nSPS) is 24.3. The van der Waals surface area contributed by atoms with Crippen LogP contribution in [0, 0.1) is 0 Å². The zero-order valence-electron chi connectivity index (χ0n) is 14.0. The third kappa shape index (κ3) is 5.11. The van der Waals surface area contributed by atoms with E-state index < -0.39 is 11.2 Å². The predicted molar refractivity (Wildman–Crippen MR) is 83.7 cm³/mol. The second-order valence-corrected chi connectivity index (χ2v) is 7.70. The molecule has 0 spiro atoms. The molecule has 0 atom stereocenters. The van der Waals surface area contributed by atoms with Crippen molar-refractivity contribution in [2.24, 2.45) is 0 Å². The molecule has 6 heteroatoms. The summed E-state index contributed by atoms with van der Waals surface area (Å²) in [6.07, 6.45) is 2.21. The summed E-state index contributed by atoms with van der Waals surface area (Å²) in [5, 5.41) is 20.3. The number of rotatable bonds is 2. The first kappa shape index (κ1) is 17.5. The first-order valence-corrected chi connectivity index (χ1v) is 8.28. The minimum absolute atomic E-state index is 0.195. The van der Waals surface area contributed by atoms with Crippen LogP contribution >= 0.6 is 0 Å². The van der Waals surface area contributed by atoms with Crippen molar-refractivity contribution in [1.29, 1.82) is 0 Å². The summed E-state index contributed by atoms with van der Waals surface area (Å²) in [4.78, 5) is 15.9. The van der Waals surface area contributed by atoms with Crippen molar-refractivity contribution in [2.45, 2.75) is 63.8 Å². The van der Waals surface area contributed by atoms with Crippen LogP contribution in [-0.2, 0) is 4.74 Å². The van der Waals surface area contributed by atoms with Crippen molar-refractivity contribution in [2.75, 3.05) is 32.7 Å². The Morgan fingerprint density at radius 3 is 2.23 bits per heavy atom. The quantitative estimate of drug-likeness (QED) is 0.801.